The van der Waals surface area contributed by atoms with Gasteiger partial charge in [-0.1, -0.05) is 42.5 Å². The standard InChI is InChI=1S/C25H24N2O4/c1-15-8-9-18-16(2)23(30-19(18)12-15)24(29)26-11-10-25-21(26)13-22(28)27(25)14-20(31-25)17-6-4-3-5-7-17/h3-9,12,20-21H,10-11,13-14H2,1-2H3/t20-,21+,25-/m0/s1. The summed E-state index contributed by atoms with van der Waals surface area (Å²) >= 11 is 0. The lowest BCUT2D eigenvalue weighted by Crippen LogP contribution is -2.48. The van der Waals surface area contributed by atoms with Gasteiger partial charge in [0.25, 0.3) is 5.91 Å². The number of ether oxygens (including phenoxy) is 1. The van der Waals surface area contributed by atoms with Crippen LogP contribution in [0.25, 0.3) is 11.0 Å². The Kier molecular flexibility index (Phi) is 3.87. The lowest BCUT2D eigenvalue weighted by Gasteiger charge is -2.31. The third-order valence-electron chi connectivity index (χ3n) is 7.15. The molecule has 3 fully saturated rings. The molecule has 3 aliphatic rings. The molecule has 4 heterocycles. The number of rotatable bonds is 2. The van der Waals surface area contributed by atoms with Gasteiger partial charge < -0.3 is 19.0 Å². The molecule has 1 spiro atoms. The number of fused-ring (bicyclic) bond motifs is 1. The Morgan fingerprint density at radius 3 is 2.74 bits per heavy atom. The highest BCUT2D eigenvalue weighted by Gasteiger charge is 2.65. The molecule has 1 aromatic heterocycles. The van der Waals surface area contributed by atoms with E-state index in [0.29, 0.717) is 31.7 Å². The zero-order valence-corrected chi connectivity index (χ0v) is 17.6. The molecule has 31 heavy (non-hydrogen) atoms. The highest BCUT2D eigenvalue weighted by molar-refractivity contribution is 6.00. The monoisotopic (exact) mass is 416 g/mol. The first kappa shape index (κ1) is 18.6. The second-order valence-electron chi connectivity index (χ2n) is 8.89. The average molecular weight is 416 g/mol. The molecule has 2 aromatic carbocycles. The van der Waals surface area contributed by atoms with Crippen molar-refractivity contribution in [2.24, 2.45) is 0 Å². The zero-order valence-electron chi connectivity index (χ0n) is 17.6. The predicted octanol–water partition coefficient (Wildman–Crippen LogP) is 3.96. The summed E-state index contributed by atoms with van der Waals surface area (Å²) in [7, 11) is 0. The molecule has 6 nitrogen and oxygen atoms in total. The number of hydrogen-bond donors (Lipinski definition) is 0. The van der Waals surface area contributed by atoms with Crippen molar-refractivity contribution in [3.8, 4) is 0 Å². The van der Waals surface area contributed by atoms with Crippen molar-refractivity contribution in [2.75, 3.05) is 13.1 Å². The second kappa shape index (κ2) is 6.44. The van der Waals surface area contributed by atoms with Crippen LogP contribution >= 0.6 is 0 Å². The second-order valence-corrected chi connectivity index (χ2v) is 8.89. The molecule has 0 unspecified atom stereocenters. The lowest BCUT2D eigenvalue weighted by molar-refractivity contribution is -0.138. The molecule has 0 N–H and O–H groups in total. The first-order valence-corrected chi connectivity index (χ1v) is 10.8. The maximum Gasteiger partial charge on any atom is 0.290 e. The van der Waals surface area contributed by atoms with Gasteiger partial charge in [0, 0.05) is 23.9 Å². The summed E-state index contributed by atoms with van der Waals surface area (Å²) in [5.41, 5.74) is 2.98. The van der Waals surface area contributed by atoms with Crippen LogP contribution < -0.4 is 0 Å². The number of carbonyl (C=O) groups is 2. The molecular formula is C25H24N2O4. The molecule has 3 saturated heterocycles. The predicted molar refractivity (Wildman–Crippen MR) is 114 cm³/mol. The number of nitrogens with zero attached hydrogens (tertiary/aromatic N) is 2. The molecule has 3 aliphatic heterocycles. The third-order valence-corrected chi connectivity index (χ3v) is 7.15. The van der Waals surface area contributed by atoms with E-state index >= 15 is 0 Å². The van der Waals surface area contributed by atoms with Crippen molar-refractivity contribution in [1.29, 1.82) is 0 Å². The van der Waals surface area contributed by atoms with Gasteiger partial charge in [0.15, 0.2) is 11.5 Å². The molecular weight excluding hydrogens is 392 g/mol. The van der Waals surface area contributed by atoms with Crippen LogP contribution in [0.1, 0.15) is 46.2 Å². The Labute approximate surface area is 180 Å². The van der Waals surface area contributed by atoms with Gasteiger partial charge >= 0.3 is 0 Å². The van der Waals surface area contributed by atoms with E-state index in [0.717, 1.165) is 27.7 Å². The van der Waals surface area contributed by atoms with Crippen molar-refractivity contribution in [1.82, 2.24) is 9.80 Å². The summed E-state index contributed by atoms with van der Waals surface area (Å²) in [4.78, 5) is 30.1. The topological polar surface area (TPSA) is 63.0 Å². The maximum absolute atomic E-state index is 13.6. The summed E-state index contributed by atoms with van der Waals surface area (Å²) in [5, 5.41) is 0.952. The minimum absolute atomic E-state index is 0.0536. The fraction of sp³-hybridized carbons (Fsp3) is 0.360. The van der Waals surface area contributed by atoms with E-state index in [1.807, 2.05) is 67.3 Å². The smallest absolute Gasteiger partial charge is 0.290 e. The Morgan fingerprint density at radius 2 is 1.94 bits per heavy atom. The number of likely N-dealkylation sites (tertiary alicyclic amines) is 1. The number of hydrogen-bond acceptors (Lipinski definition) is 4. The molecule has 0 aliphatic carbocycles. The van der Waals surface area contributed by atoms with Crippen LogP contribution in [0, 0.1) is 13.8 Å². The lowest BCUT2D eigenvalue weighted by atomic mass is 10.1. The van der Waals surface area contributed by atoms with E-state index < -0.39 is 5.72 Å². The largest absolute Gasteiger partial charge is 0.451 e. The summed E-state index contributed by atoms with van der Waals surface area (Å²) in [6, 6.07) is 15.7. The van der Waals surface area contributed by atoms with Crippen LogP contribution in [0.2, 0.25) is 0 Å². The highest BCUT2D eigenvalue weighted by Crippen LogP contribution is 2.51. The molecule has 3 atom stereocenters. The van der Waals surface area contributed by atoms with Crippen LogP contribution in [-0.2, 0) is 9.53 Å². The van der Waals surface area contributed by atoms with Crippen molar-refractivity contribution >= 4 is 22.8 Å². The van der Waals surface area contributed by atoms with Crippen molar-refractivity contribution in [3.63, 3.8) is 0 Å². The Hall–Kier alpha value is -3.12. The summed E-state index contributed by atoms with van der Waals surface area (Å²) in [6.45, 7) is 5.00. The van der Waals surface area contributed by atoms with Crippen LogP contribution in [0.3, 0.4) is 0 Å². The molecule has 6 heteroatoms. The summed E-state index contributed by atoms with van der Waals surface area (Å²) in [5.74, 6) is 0.258. The Morgan fingerprint density at radius 1 is 1.13 bits per heavy atom. The highest BCUT2D eigenvalue weighted by atomic mass is 16.5. The molecule has 0 bridgehead atoms. The molecule has 0 saturated carbocycles. The minimum atomic E-state index is -0.732. The molecule has 3 aromatic rings. The molecule has 0 radical (unpaired) electrons. The number of aryl methyl sites for hydroxylation is 2. The van der Waals surface area contributed by atoms with E-state index in [1.165, 1.54) is 0 Å². The van der Waals surface area contributed by atoms with Gasteiger partial charge in [-0.05, 0) is 31.0 Å². The van der Waals surface area contributed by atoms with E-state index in [9.17, 15) is 9.59 Å². The quantitative estimate of drug-likeness (QED) is 0.634. The summed E-state index contributed by atoms with van der Waals surface area (Å²) in [6.07, 6.45) is 0.751. The average Bonchev–Trinajstić information content (AvgIpc) is 3.48. The third kappa shape index (κ3) is 2.54. The first-order chi connectivity index (χ1) is 15.0. The fourth-order valence-electron chi connectivity index (χ4n) is 5.58. The van der Waals surface area contributed by atoms with E-state index in [1.54, 1.807) is 4.90 Å². The van der Waals surface area contributed by atoms with Crippen molar-refractivity contribution < 1.29 is 18.7 Å². The number of furan rings is 1. The molecule has 2 amide bonds. The van der Waals surface area contributed by atoms with Gasteiger partial charge in [0.2, 0.25) is 5.91 Å². The normalized spacial score (nSPS) is 27.2. The Bertz CT molecular complexity index is 1220. The van der Waals surface area contributed by atoms with Crippen LogP contribution in [-0.4, -0.2) is 46.5 Å². The zero-order chi connectivity index (χ0) is 21.3. The van der Waals surface area contributed by atoms with E-state index in [4.69, 9.17) is 9.15 Å². The van der Waals surface area contributed by atoms with Crippen molar-refractivity contribution in [3.05, 3.63) is 71.0 Å². The maximum atomic E-state index is 13.6. The number of carbonyl (C=O) groups excluding carboxylic acids is 2. The minimum Gasteiger partial charge on any atom is -0.451 e. The van der Waals surface area contributed by atoms with Gasteiger partial charge in [-0.15, -0.1) is 0 Å². The fourth-order valence-corrected chi connectivity index (χ4v) is 5.58. The van der Waals surface area contributed by atoms with Crippen LogP contribution in [0.15, 0.2) is 52.9 Å². The van der Waals surface area contributed by atoms with E-state index in [2.05, 4.69) is 0 Å². The van der Waals surface area contributed by atoms with Crippen LogP contribution in [0.4, 0.5) is 0 Å². The van der Waals surface area contributed by atoms with Gasteiger partial charge in [-0.3, -0.25) is 9.59 Å². The van der Waals surface area contributed by atoms with Gasteiger partial charge in [0.05, 0.1) is 19.0 Å². The van der Waals surface area contributed by atoms with Gasteiger partial charge in [0.1, 0.15) is 11.7 Å². The van der Waals surface area contributed by atoms with Crippen LogP contribution in [0.5, 0.6) is 0 Å². The van der Waals surface area contributed by atoms with E-state index in [-0.39, 0.29) is 24.0 Å². The first-order valence-electron chi connectivity index (χ1n) is 10.8. The summed E-state index contributed by atoms with van der Waals surface area (Å²) < 4.78 is 12.6. The van der Waals surface area contributed by atoms with Gasteiger partial charge in [-0.2, -0.15) is 0 Å². The van der Waals surface area contributed by atoms with Gasteiger partial charge in [-0.25, -0.2) is 0 Å². The SMILES string of the molecule is Cc1ccc2c(C)c(C(=O)N3CC[C@@]45O[C@H](c6ccccc6)CN4C(=O)C[C@@H]35)oc2c1. The number of amides is 2. The molecule has 6 rings (SSSR count). The Balaban J connectivity index is 1.33. The molecule has 158 valence electrons. The number of benzene rings is 2. The van der Waals surface area contributed by atoms with Crippen molar-refractivity contribution in [2.45, 2.75) is 44.6 Å².